The molecule has 0 saturated carbocycles. The van der Waals surface area contributed by atoms with Gasteiger partial charge in [-0.2, -0.15) is 0 Å². The number of amides is 2. The second-order valence-corrected chi connectivity index (χ2v) is 6.88. The third kappa shape index (κ3) is 4.39. The van der Waals surface area contributed by atoms with E-state index in [0.717, 1.165) is 25.9 Å². The summed E-state index contributed by atoms with van der Waals surface area (Å²) in [6.07, 6.45) is 1.97. The molecule has 148 valence electrons. The fourth-order valence-electron chi connectivity index (χ4n) is 3.17. The quantitative estimate of drug-likeness (QED) is 0.784. The number of methoxy groups -OCH3 is 1. The van der Waals surface area contributed by atoms with Crippen LogP contribution in [-0.2, 0) is 0 Å². The molecule has 0 bridgehead atoms. The summed E-state index contributed by atoms with van der Waals surface area (Å²) in [4.78, 5) is 27.4. The van der Waals surface area contributed by atoms with E-state index in [9.17, 15) is 9.59 Å². The average Bonchev–Trinajstić information content (AvgIpc) is 3.23. The number of hydrogen-bond donors (Lipinski definition) is 1. The molecule has 3 rings (SSSR count). The lowest BCUT2D eigenvalue weighted by Gasteiger charge is -2.18. The molecule has 0 spiro atoms. The first kappa shape index (κ1) is 20.0. The van der Waals surface area contributed by atoms with E-state index >= 15 is 0 Å². The summed E-state index contributed by atoms with van der Waals surface area (Å²) in [6.45, 7) is 3.74. The van der Waals surface area contributed by atoms with Gasteiger partial charge in [-0.3, -0.25) is 9.59 Å². The molecule has 0 aromatic heterocycles. The molecule has 2 amide bonds. The van der Waals surface area contributed by atoms with Gasteiger partial charge in [0.05, 0.1) is 25.0 Å². The SMILES string of the molecule is CCOc1cc(C(=O)Nc2ccc(Cl)cc2C(=O)N2CCCC2)ccc1OC. The van der Waals surface area contributed by atoms with Gasteiger partial charge in [0, 0.05) is 23.7 Å². The van der Waals surface area contributed by atoms with Crippen molar-refractivity contribution in [2.45, 2.75) is 19.8 Å². The molecule has 0 unspecified atom stereocenters. The fraction of sp³-hybridized carbons (Fsp3) is 0.333. The van der Waals surface area contributed by atoms with Gasteiger partial charge in [-0.15, -0.1) is 0 Å². The minimum absolute atomic E-state index is 0.125. The smallest absolute Gasteiger partial charge is 0.256 e. The van der Waals surface area contributed by atoms with Crippen molar-refractivity contribution in [3.8, 4) is 11.5 Å². The first-order valence-electron chi connectivity index (χ1n) is 9.24. The summed E-state index contributed by atoms with van der Waals surface area (Å²) in [7, 11) is 1.54. The van der Waals surface area contributed by atoms with Gasteiger partial charge in [-0.05, 0) is 56.2 Å². The van der Waals surface area contributed by atoms with Crippen LogP contribution in [0.3, 0.4) is 0 Å². The molecule has 0 atom stereocenters. The first-order valence-corrected chi connectivity index (χ1v) is 9.62. The van der Waals surface area contributed by atoms with Gasteiger partial charge >= 0.3 is 0 Å². The second kappa shape index (κ2) is 8.97. The lowest BCUT2D eigenvalue weighted by atomic mass is 10.1. The molecular weight excluding hydrogens is 380 g/mol. The van der Waals surface area contributed by atoms with Crippen LogP contribution >= 0.6 is 11.6 Å². The van der Waals surface area contributed by atoms with Crippen LogP contribution in [0.25, 0.3) is 0 Å². The van der Waals surface area contributed by atoms with Crippen molar-refractivity contribution in [3.05, 3.63) is 52.5 Å². The minimum Gasteiger partial charge on any atom is -0.493 e. The molecule has 6 nitrogen and oxygen atoms in total. The highest BCUT2D eigenvalue weighted by molar-refractivity contribution is 6.31. The number of nitrogens with zero attached hydrogens (tertiary/aromatic N) is 1. The molecule has 1 aliphatic heterocycles. The Kier molecular flexibility index (Phi) is 6.41. The van der Waals surface area contributed by atoms with Crippen LogP contribution in [-0.4, -0.2) is 43.5 Å². The zero-order chi connectivity index (χ0) is 20.1. The Morgan fingerprint density at radius 3 is 2.54 bits per heavy atom. The Bertz CT molecular complexity index is 879. The van der Waals surface area contributed by atoms with Gasteiger partial charge in [0.25, 0.3) is 11.8 Å². The molecule has 1 fully saturated rings. The molecule has 2 aromatic rings. The molecule has 0 aliphatic carbocycles. The number of carbonyl (C=O) groups is 2. The largest absolute Gasteiger partial charge is 0.493 e. The predicted molar refractivity (Wildman–Crippen MR) is 109 cm³/mol. The van der Waals surface area contributed by atoms with E-state index in [4.69, 9.17) is 21.1 Å². The highest BCUT2D eigenvalue weighted by Gasteiger charge is 2.23. The van der Waals surface area contributed by atoms with Crippen LogP contribution in [0.5, 0.6) is 11.5 Å². The first-order chi connectivity index (χ1) is 13.5. The minimum atomic E-state index is -0.346. The molecule has 1 aliphatic rings. The number of ether oxygens (including phenoxy) is 2. The number of carbonyl (C=O) groups excluding carboxylic acids is 2. The Labute approximate surface area is 169 Å². The Morgan fingerprint density at radius 1 is 1.11 bits per heavy atom. The van der Waals surface area contributed by atoms with Crippen molar-refractivity contribution in [1.82, 2.24) is 4.90 Å². The third-order valence-electron chi connectivity index (χ3n) is 4.58. The zero-order valence-corrected chi connectivity index (χ0v) is 16.7. The molecule has 2 aromatic carbocycles. The van der Waals surface area contributed by atoms with Crippen molar-refractivity contribution in [3.63, 3.8) is 0 Å². The molecule has 1 saturated heterocycles. The van der Waals surface area contributed by atoms with Crippen molar-refractivity contribution in [2.75, 3.05) is 32.1 Å². The maximum atomic E-state index is 12.8. The molecule has 1 N–H and O–H groups in total. The van der Waals surface area contributed by atoms with E-state index in [1.807, 2.05) is 6.92 Å². The van der Waals surface area contributed by atoms with E-state index in [-0.39, 0.29) is 11.8 Å². The fourth-order valence-corrected chi connectivity index (χ4v) is 3.35. The Balaban J connectivity index is 1.86. The lowest BCUT2D eigenvalue weighted by Crippen LogP contribution is -2.28. The summed E-state index contributed by atoms with van der Waals surface area (Å²) in [5.74, 6) is 0.568. The average molecular weight is 403 g/mol. The topological polar surface area (TPSA) is 67.9 Å². The van der Waals surface area contributed by atoms with Gasteiger partial charge in [0.2, 0.25) is 0 Å². The van der Waals surface area contributed by atoms with Gasteiger partial charge in [-0.25, -0.2) is 0 Å². The molecular formula is C21H23ClN2O4. The van der Waals surface area contributed by atoms with Crippen LogP contribution in [0.4, 0.5) is 5.69 Å². The number of halogens is 1. The number of hydrogen-bond acceptors (Lipinski definition) is 4. The lowest BCUT2D eigenvalue weighted by molar-refractivity contribution is 0.0794. The Hall–Kier alpha value is -2.73. The van der Waals surface area contributed by atoms with Crippen molar-refractivity contribution in [1.29, 1.82) is 0 Å². The summed E-state index contributed by atoms with van der Waals surface area (Å²) in [6, 6.07) is 9.84. The van der Waals surface area contributed by atoms with Gasteiger partial charge in [0.1, 0.15) is 0 Å². The number of anilines is 1. The summed E-state index contributed by atoms with van der Waals surface area (Å²) < 4.78 is 10.8. The standard InChI is InChI=1S/C21H23ClN2O4/c1-3-28-19-12-14(6-9-18(19)27-2)20(25)23-17-8-7-15(22)13-16(17)21(26)24-10-4-5-11-24/h6-9,12-13H,3-5,10-11H2,1-2H3,(H,23,25). The highest BCUT2D eigenvalue weighted by atomic mass is 35.5. The zero-order valence-electron chi connectivity index (χ0n) is 16.0. The number of nitrogens with one attached hydrogen (secondary N) is 1. The van der Waals surface area contributed by atoms with Gasteiger partial charge < -0.3 is 19.7 Å². The molecule has 0 radical (unpaired) electrons. The summed E-state index contributed by atoms with van der Waals surface area (Å²) in [5, 5.41) is 3.27. The van der Waals surface area contributed by atoms with E-state index in [1.165, 1.54) is 0 Å². The predicted octanol–water partition coefficient (Wildman–Crippen LogP) is 4.24. The monoisotopic (exact) mass is 402 g/mol. The summed E-state index contributed by atoms with van der Waals surface area (Å²) in [5.41, 5.74) is 1.22. The van der Waals surface area contributed by atoms with Crippen LogP contribution in [0, 0.1) is 0 Å². The second-order valence-electron chi connectivity index (χ2n) is 6.44. The van der Waals surface area contributed by atoms with E-state index in [2.05, 4.69) is 5.32 Å². The number of rotatable bonds is 6. The van der Waals surface area contributed by atoms with Crippen LogP contribution in [0.2, 0.25) is 5.02 Å². The third-order valence-corrected chi connectivity index (χ3v) is 4.81. The van der Waals surface area contributed by atoms with Gasteiger partial charge in [0.15, 0.2) is 11.5 Å². The number of benzene rings is 2. The number of likely N-dealkylation sites (tertiary alicyclic amines) is 1. The maximum absolute atomic E-state index is 12.8. The molecule has 28 heavy (non-hydrogen) atoms. The molecule has 7 heteroatoms. The normalized spacial score (nSPS) is 13.3. The van der Waals surface area contributed by atoms with Crippen LogP contribution < -0.4 is 14.8 Å². The maximum Gasteiger partial charge on any atom is 0.256 e. The highest BCUT2D eigenvalue weighted by Crippen LogP contribution is 2.29. The van der Waals surface area contributed by atoms with Crippen molar-refractivity contribution < 1.29 is 19.1 Å². The summed E-state index contributed by atoms with van der Waals surface area (Å²) >= 11 is 6.10. The van der Waals surface area contributed by atoms with Crippen LogP contribution in [0.1, 0.15) is 40.5 Å². The van der Waals surface area contributed by atoms with Crippen molar-refractivity contribution in [2.24, 2.45) is 0 Å². The Morgan fingerprint density at radius 2 is 1.86 bits per heavy atom. The van der Waals surface area contributed by atoms with E-state index in [0.29, 0.717) is 39.9 Å². The van der Waals surface area contributed by atoms with Crippen molar-refractivity contribution >= 4 is 29.1 Å². The van der Waals surface area contributed by atoms with E-state index < -0.39 is 0 Å². The molecule has 1 heterocycles. The van der Waals surface area contributed by atoms with Gasteiger partial charge in [-0.1, -0.05) is 11.6 Å². The van der Waals surface area contributed by atoms with E-state index in [1.54, 1.807) is 48.4 Å². The van der Waals surface area contributed by atoms with Crippen LogP contribution in [0.15, 0.2) is 36.4 Å².